The predicted molar refractivity (Wildman–Crippen MR) is 51.7 cm³/mol. The second-order valence-corrected chi connectivity index (χ2v) is 2.68. The standard InChI is InChI=1S/C8H15N3O3/c1-4-14-7(12)5-6(2)10-11(3)8(9)13/h4-5H2,1-3H3,(H2,9,13). The van der Waals surface area contributed by atoms with Crippen LogP contribution in [0.2, 0.25) is 0 Å². The topological polar surface area (TPSA) is 85.0 Å². The Hall–Kier alpha value is -1.59. The normalized spacial score (nSPS) is 10.9. The summed E-state index contributed by atoms with van der Waals surface area (Å²) in [6.07, 6.45) is 0.0610. The number of carbonyl (C=O) groups excluding carboxylic acids is 2. The van der Waals surface area contributed by atoms with Crippen molar-refractivity contribution >= 4 is 17.7 Å². The molecule has 0 unspecified atom stereocenters. The molecule has 0 spiro atoms. The van der Waals surface area contributed by atoms with Crippen molar-refractivity contribution in [2.45, 2.75) is 20.3 Å². The third-order valence-corrected chi connectivity index (χ3v) is 1.35. The SMILES string of the molecule is CCOC(=O)CC(C)=NN(C)C(N)=O. The molecule has 0 bridgehead atoms. The van der Waals surface area contributed by atoms with Gasteiger partial charge in [-0.05, 0) is 13.8 Å². The lowest BCUT2D eigenvalue weighted by atomic mass is 10.3. The number of urea groups is 1. The Balaban J connectivity index is 4.12. The molecule has 2 amide bonds. The number of carbonyl (C=O) groups is 2. The van der Waals surface area contributed by atoms with E-state index in [0.29, 0.717) is 12.3 Å². The number of hydrogen-bond acceptors (Lipinski definition) is 4. The number of nitrogens with zero attached hydrogens (tertiary/aromatic N) is 2. The average Bonchev–Trinajstić information content (AvgIpc) is 2.03. The smallest absolute Gasteiger partial charge is 0.334 e. The zero-order chi connectivity index (χ0) is 11.1. The number of nitrogens with two attached hydrogens (primary N) is 1. The van der Waals surface area contributed by atoms with E-state index >= 15 is 0 Å². The molecule has 0 atom stereocenters. The van der Waals surface area contributed by atoms with Gasteiger partial charge in [0.1, 0.15) is 0 Å². The summed E-state index contributed by atoms with van der Waals surface area (Å²) in [5.74, 6) is -0.369. The van der Waals surface area contributed by atoms with Crippen LogP contribution >= 0.6 is 0 Å². The Bertz CT molecular complexity index is 250. The lowest BCUT2D eigenvalue weighted by molar-refractivity contribution is -0.141. The summed E-state index contributed by atoms with van der Waals surface area (Å²) in [6.45, 7) is 3.67. The van der Waals surface area contributed by atoms with Crippen LogP contribution in [0.3, 0.4) is 0 Å². The summed E-state index contributed by atoms with van der Waals surface area (Å²) >= 11 is 0. The predicted octanol–water partition coefficient (Wildman–Crippen LogP) is 0.326. The number of esters is 1. The molecule has 0 aliphatic heterocycles. The molecule has 0 saturated carbocycles. The lowest BCUT2D eigenvalue weighted by Crippen LogP contribution is -2.28. The van der Waals surface area contributed by atoms with Gasteiger partial charge in [-0.1, -0.05) is 0 Å². The minimum absolute atomic E-state index is 0.0610. The van der Waals surface area contributed by atoms with Gasteiger partial charge < -0.3 is 10.5 Å². The molecule has 2 N–H and O–H groups in total. The van der Waals surface area contributed by atoms with E-state index < -0.39 is 6.03 Å². The van der Waals surface area contributed by atoms with E-state index in [0.717, 1.165) is 5.01 Å². The van der Waals surface area contributed by atoms with Gasteiger partial charge >= 0.3 is 12.0 Å². The minimum atomic E-state index is -0.673. The molecular formula is C8H15N3O3. The molecule has 0 aromatic heterocycles. The summed E-state index contributed by atoms with van der Waals surface area (Å²) in [5, 5.41) is 4.74. The Morgan fingerprint density at radius 1 is 1.50 bits per heavy atom. The summed E-state index contributed by atoms with van der Waals surface area (Å²) < 4.78 is 4.70. The average molecular weight is 201 g/mol. The molecule has 0 fully saturated rings. The first kappa shape index (κ1) is 12.4. The van der Waals surface area contributed by atoms with Crippen LogP contribution in [0.15, 0.2) is 5.10 Å². The fourth-order valence-corrected chi connectivity index (χ4v) is 0.762. The maximum absolute atomic E-state index is 11.0. The molecule has 80 valence electrons. The van der Waals surface area contributed by atoms with Crippen molar-refractivity contribution in [2.75, 3.05) is 13.7 Å². The van der Waals surface area contributed by atoms with Crippen molar-refractivity contribution in [1.82, 2.24) is 5.01 Å². The molecule has 0 aromatic carbocycles. The number of hydrazone groups is 1. The molecular weight excluding hydrogens is 186 g/mol. The first-order valence-corrected chi connectivity index (χ1v) is 4.20. The van der Waals surface area contributed by atoms with Crippen LogP contribution in [0.1, 0.15) is 20.3 Å². The van der Waals surface area contributed by atoms with Crippen LogP contribution in [-0.4, -0.2) is 36.4 Å². The van der Waals surface area contributed by atoms with E-state index in [9.17, 15) is 9.59 Å². The highest BCUT2D eigenvalue weighted by Gasteiger charge is 2.06. The van der Waals surface area contributed by atoms with Gasteiger partial charge in [-0.15, -0.1) is 0 Å². The van der Waals surface area contributed by atoms with Gasteiger partial charge in [0.2, 0.25) is 0 Å². The van der Waals surface area contributed by atoms with Gasteiger partial charge in [-0.25, -0.2) is 9.80 Å². The monoisotopic (exact) mass is 201 g/mol. The quantitative estimate of drug-likeness (QED) is 0.404. The van der Waals surface area contributed by atoms with Gasteiger partial charge in [0.05, 0.1) is 13.0 Å². The second kappa shape index (κ2) is 5.95. The fourth-order valence-electron chi connectivity index (χ4n) is 0.762. The van der Waals surface area contributed by atoms with Gasteiger partial charge in [-0.2, -0.15) is 5.10 Å². The summed E-state index contributed by atoms with van der Waals surface area (Å²) in [5.41, 5.74) is 5.41. The van der Waals surface area contributed by atoms with E-state index in [-0.39, 0.29) is 12.4 Å². The van der Waals surface area contributed by atoms with Crippen molar-refractivity contribution in [3.63, 3.8) is 0 Å². The van der Waals surface area contributed by atoms with E-state index in [1.807, 2.05) is 0 Å². The Morgan fingerprint density at radius 2 is 2.07 bits per heavy atom. The van der Waals surface area contributed by atoms with Crippen LogP contribution < -0.4 is 5.73 Å². The minimum Gasteiger partial charge on any atom is -0.466 e. The van der Waals surface area contributed by atoms with Crippen LogP contribution in [0, 0.1) is 0 Å². The second-order valence-electron chi connectivity index (χ2n) is 2.68. The highest BCUT2D eigenvalue weighted by Crippen LogP contribution is 1.93. The number of amides is 2. The molecule has 0 rings (SSSR count). The zero-order valence-electron chi connectivity index (χ0n) is 8.61. The van der Waals surface area contributed by atoms with E-state index in [1.165, 1.54) is 7.05 Å². The fraction of sp³-hybridized carbons (Fsp3) is 0.625. The maximum Gasteiger partial charge on any atom is 0.334 e. The third kappa shape index (κ3) is 5.13. The Kier molecular flexibility index (Phi) is 5.28. The number of ether oxygens (including phenoxy) is 1. The van der Waals surface area contributed by atoms with Crippen molar-refractivity contribution in [3.8, 4) is 0 Å². The summed E-state index contributed by atoms with van der Waals surface area (Å²) in [6, 6.07) is -0.673. The summed E-state index contributed by atoms with van der Waals surface area (Å²) in [7, 11) is 1.41. The molecule has 14 heavy (non-hydrogen) atoms. The van der Waals surface area contributed by atoms with Crippen molar-refractivity contribution in [1.29, 1.82) is 0 Å². The first-order valence-electron chi connectivity index (χ1n) is 4.20. The number of primary amides is 1. The number of rotatable bonds is 4. The van der Waals surface area contributed by atoms with Gasteiger partial charge in [0, 0.05) is 12.8 Å². The maximum atomic E-state index is 11.0. The molecule has 0 aliphatic rings. The molecule has 0 saturated heterocycles. The molecule has 6 nitrogen and oxygen atoms in total. The van der Waals surface area contributed by atoms with Gasteiger partial charge in [0.15, 0.2) is 0 Å². The van der Waals surface area contributed by atoms with Crippen LogP contribution in [0.4, 0.5) is 4.79 Å². The molecule has 6 heteroatoms. The number of hydrogen-bond donors (Lipinski definition) is 1. The lowest BCUT2D eigenvalue weighted by Gasteiger charge is -2.08. The van der Waals surface area contributed by atoms with Gasteiger partial charge in [0.25, 0.3) is 0 Å². The molecule has 0 radical (unpaired) electrons. The van der Waals surface area contributed by atoms with E-state index in [1.54, 1.807) is 13.8 Å². The van der Waals surface area contributed by atoms with Crippen molar-refractivity contribution in [3.05, 3.63) is 0 Å². The first-order chi connectivity index (χ1) is 6.47. The third-order valence-electron chi connectivity index (χ3n) is 1.35. The molecule has 0 aromatic rings. The largest absolute Gasteiger partial charge is 0.466 e. The van der Waals surface area contributed by atoms with E-state index in [2.05, 4.69) is 5.10 Å². The van der Waals surface area contributed by atoms with Crippen LogP contribution in [-0.2, 0) is 9.53 Å². The van der Waals surface area contributed by atoms with E-state index in [4.69, 9.17) is 10.5 Å². The Labute approximate surface area is 82.7 Å². The summed E-state index contributed by atoms with van der Waals surface area (Å²) in [4.78, 5) is 21.5. The molecule has 0 aliphatic carbocycles. The van der Waals surface area contributed by atoms with Crippen molar-refractivity contribution < 1.29 is 14.3 Å². The molecule has 0 heterocycles. The highest BCUT2D eigenvalue weighted by molar-refractivity contribution is 5.97. The van der Waals surface area contributed by atoms with Crippen molar-refractivity contribution in [2.24, 2.45) is 10.8 Å². The van der Waals surface area contributed by atoms with Gasteiger partial charge in [-0.3, -0.25) is 4.79 Å². The Morgan fingerprint density at radius 3 is 2.50 bits per heavy atom. The van der Waals surface area contributed by atoms with Crippen LogP contribution in [0.25, 0.3) is 0 Å². The van der Waals surface area contributed by atoms with Crippen LogP contribution in [0.5, 0.6) is 0 Å². The highest BCUT2D eigenvalue weighted by atomic mass is 16.5. The zero-order valence-corrected chi connectivity index (χ0v) is 8.61.